The number of carbonyl (C=O) groups is 1. The molecule has 2 aliphatic heterocycles. The summed E-state index contributed by atoms with van der Waals surface area (Å²) < 4.78 is 38.9. The van der Waals surface area contributed by atoms with Crippen molar-refractivity contribution < 1.29 is 18.0 Å². The van der Waals surface area contributed by atoms with Gasteiger partial charge in [0.25, 0.3) is 5.91 Å². The molecule has 2 saturated heterocycles. The zero-order chi connectivity index (χ0) is 17.9. The van der Waals surface area contributed by atoms with Gasteiger partial charge in [0.2, 0.25) is 0 Å². The molecule has 1 unspecified atom stereocenters. The molecule has 1 atom stereocenters. The molecule has 3 rings (SSSR count). The SMILES string of the molecule is O=C(NCC1CCN(CC(F)(F)F)C1)c1cn(C2CCNCC2)nn1. The number of alkyl halides is 3. The van der Waals surface area contributed by atoms with E-state index in [1.165, 1.54) is 4.90 Å². The second-order valence-electron chi connectivity index (χ2n) is 6.78. The average Bonchev–Trinajstić information content (AvgIpc) is 3.21. The molecular formula is C15H23F3N6O. The van der Waals surface area contributed by atoms with Crippen molar-refractivity contribution in [3.05, 3.63) is 11.9 Å². The molecule has 25 heavy (non-hydrogen) atoms. The minimum absolute atomic E-state index is 0.0331. The lowest BCUT2D eigenvalue weighted by Gasteiger charge is -2.22. The van der Waals surface area contributed by atoms with E-state index in [9.17, 15) is 18.0 Å². The van der Waals surface area contributed by atoms with Crippen LogP contribution < -0.4 is 10.6 Å². The van der Waals surface area contributed by atoms with E-state index in [0.29, 0.717) is 26.1 Å². The average molecular weight is 360 g/mol. The topological polar surface area (TPSA) is 75.1 Å². The highest BCUT2D eigenvalue weighted by molar-refractivity contribution is 5.91. The van der Waals surface area contributed by atoms with Crippen molar-refractivity contribution in [2.75, 3.05) is 39.3 Å². The predicted octanol–water partition coefficient (Wildman–Crippen LogP) is 0.817. The second-order valence-corrected chi connectivity index (χ2v) is 6.78. The number of rotatable bonds is 5. The summed E-state index contributed by atoms with van der Waals surface area (Å²) in [5, 5.41) is 14.0. The number of amides is 1. The summed E-state index contributed by atoms with van der Waals surface area (Å²) in [6.07, 6.45) is 0.0163. The molecule has 0 spiro atoms. The van der Waals surface area contributed by atoms with Crippen LogP contribution in [0.5, 0.6) is 0 Å². The quantitative estimate of drug-likeness (QED) is 0.813. The van der Waals surface area contributed by atoms with Crippen LogP contribution in [0.15, 0.2) is 6.20 Å². The van der Waals surface area contributed by atoms with Crippen LogP contribution in [0.4, 0.5) is 13.2 Å². The third-order valence-electron chi connectivity index (χ3n) is 4.75. The van der Waals surface area contributed by atoms with Crippen molar-refractivity contribution in [1.82, 2.24) is 30.5 Å². The van der Waals surface area contributed by atoms with E-state index in [1.54, 1.807) is 10.9 Å². The number of piperidine rings is 1. The van der Waals surface area contributed by atoms with Gasteiger partial charge in [-0.1, -0.05) is 5.21 Å². The third kappa shape index (κ3) is 5.15. The molecule has 0 aromatic carbocycles. The number of likely N-dealkylation sites (tertiary alicyclic amines) is 1. The molecule has 140 valence electrons. The summed E-state index contributed by atoms with van der Waals surface area (Å²) in [6.45, 7) is 2.06. The first-order chi connectivity index (χ1) is 11.9. The number of carbonyl (C=O) groups excluding carboxylic acids is 1. The second kappa shape index (κ2) is 7.69. The standard InChI is InChI=1S/C15H23F3N6O/c16-15(17,18)10-23-6-3-11(8-23)7-20-14(25)13-9-24(22-21-13)12-1-4-19-5-2-12/h9,11-12,19H,1-8,10H2,(H,20,25). The minimum atomic E-state index is -4.18. The fourth-order valence-corrected chi connectivity index (χ4v) is 3.43. The maximum Gasteiger partial charge on any atom is 0.401 e. The van der Waals surface area contributed by atoms with Gasteiger partial charge < -0.3 is 10.6 Å². The lowest BCUT2D eigenvalue weighted by atomic mass is 10.1. The number of halogens is 3. The molecule has 1 aromatic heterocycles. The summed E-state index contributed by atoms with van der Waals surface area (Å²) in [6, 6.07) is 0.251. The van der Waals surface area contributed by atoms with Gasteiger partial charge >= 0.3 is 6.18 Å². The molecule has 1 amide bonds. The molecule has 1 aromatic rings. The van der Waals surface area contributed by atoms with Gasteiger partial charge in [0.15, 0.2) is 5.69 Å². The van der Waals surface area contributed by atoms with Gasteiger partial charge in [-0.2, -0.15) is 13.2 Å². The van der Waals surface area contributed by atoms with Crippen LogP contribution in [0.3, 0.4) is 0 Å². The highest BCUT2D eigenvalue weighted by atomic mass is 19.4. The summed E-state index contributed by atoms with van der Waals surface area (Å²) in [5.41, 5.74) is 0.253. The molecule has 0 aliphatic carbocycles. The largest absolute Gasteiger partial charge is 0.401 e. The van der Waals surface area contributed by atoms with Crippen LogP contribution in [-0.4, -0.2) is 71.2 Å². The Morgan fingerprint density at radius 1 is 1.32 bits per heavy atom. The van der Waals surface area contributed by atoms with Crippen LogP contribution in [0, 0.1) is 5.92 Å². The van der Waals surface area contributed by atoms with Gasteiger partial charge in [0.1, 0.15) is 0 Å². The molecule has 2 aliphatic rings. The van der Waals surface area contributed by atoms with Gasteiger partial charge in [-0.25, -0.2) is 4.68 Å². The Kier molecular flexibility index (Phi) is 5.57. The Labute approximate surface area is 143 Å². The van der Waals surface area contributed by atoms with Gasteiger partial charge in [0.05, 0.1) is 18.8 Å². The summed E-state index contributed by atoms with van der Waals surface area (Å²) in [4.78, 5) is 13.6. The van der Waals surface area contributed by atoms with Crippen LogP contribution in [0.1, 0.15) is 35.8 Å². The monoisotopic (exact) mass is 360 g/mol. The molecule has 10 heteroatoms. The molecule has 2 fully saturated rings. The smallest absolute Gasteiger partial charge is 0.350 e. The maximum absolute atomic E-state index is 12.4. The first-order valence-electron chi connectivity index (χ1n) is 8.60. The fraction of sp³-hybridized carbons (Fsp3) is 0.800. The number of hydrogen-bond donors (Lipinski definition) is 2. The van der Waals surface area contributed by atoms with Gasteiger partial charge in [-0.3, -0.25) is 9.69 Å². The Hall–Kier alpha value is -1.68. The third-order valence-corrected chi connectivity index (χ3v) is 4.75. The van der Waals surface area contributed by atoms with Crippen molar-refractivity contribution in [2.45, 2.75) is 31.5 Å². The summed E-state index contributed by atoms with van der Waals surface area (Å²) in [5.74, 6) is -0.291. The Balaban J connectivity index is 1.44. The highest BCUT2D eigenvalue weighted by Gasteiger charge is 2.34. The predicted molar refractivity (Wildman–Crippen MR) is 84.1 cm³/mol. The molecule has 0 saturated carbocycles. The van der Waals surface area contributed by atoms with E-state index in [-0.39, 0.29) is 23.6 Å². The number of aromatic nitrogens is 3. The van der Waals surface area contributed by atoms with Crippen LogP contribution in [0.25, 0.3) is 0 Å². The zero-order valence-electron chi connectivity index (χ0n) is 13.9. The first kappa shape index (κ1) is 18.1. The number of nitrogens with one attached hydrogen (secondary N) is 2. The van der Waals surface area contributed by atoms with Gasteiger partial charge in [0, 0.05) is 13.1 Å². The van der Waals surface area contributed by atoms with E-state index in [4.69, 9.17) is 0 Å². The van der Waals surface area contributed by atoms with E-state index >= 15 is 0 Å². The zero-order valence-corrected chi connectivity index (χ0v) is 13.9. The molecule has 3 heterocycles. The Morgan fingerprint density at radius 2 is 2.08 bits per heavy atom. The normalized spacial score (nSPS) is 23.1. The fourth-order valence-electron chi connectivity index (χ4n) is 3.43. The lowest BCUT2D eigenvalue weighted by molar-refractivity contribution is -0.143. The maximum atomic E-state index is 12.4. The van der Waals surface area contributed by atoms with E-state index in [1.807, 2.05) is 0 Å². The van der Waals surface area contributed by atoms with Crippen molar-refractivity contribution in [3.63, 3.8) is 0 Å². The van der Waals surface area contributed by atoms with Crippen LogP contribution in [0.2, 0.25) is 0 Å². The van der Waals surface area contributed by atoms with Gasteiger partial charge in [-0.05, 0) is 44.8 Å². The Morgan fingerprint density at radius 3 is 2.80 bits per heavy atom. The van der Waals surface area contributed by atoms with E-state index in [0.717, 1.165) is 25.9 Å². The van der Waals surface area contributed by atoms with Crippen LogP contribution >= 0.6 is 0 Å². The van der Waals surface area contributed by atoms with Crippen molar-refractivity contribution >= 4 is 5.91 Å². The summed E-state index contributed by atoms with van der Waals surface area (Å²) >= 11 is 0. The first-order valence-corrected chi connectivity index (χ1v) is 8.60. The number of nitrogens with zero attached hydrogens (tertiary/aromatic N) is 4. The summed E-state index contributed by atoms with van der Waals surface area (Å²) in [7, 11) is 0. The molecular weight excluding hydrogens is 337 g/mol. The van der Waals surface area contributed by atoms with Crippen molar-refractivity contribution in [1.29, 1.82) is 0 Å². The Bertz CT molecular complexity index is 584. The van der Waals surface area contributed by atoms with Crippen LogP contribution in [-0.2, 0) is 0 Å². The number of hydrogen-bond acceptors (Lipinski definition) is 5. The minimum Gasteiger partial charge on any atom is -0.350 e. The van der Waals surface area contributed by atoms with Crippen molar-refractivity contribution in [2.24, 2.45) is 5.92 Å². The van der Waals surface area contributed by atoms with Crippen molar-refractivity contribution in [3.8, 4) is 0 Å². The highest BCUT2D eigenvalue weighted by Crippen LogP contribution is 2.22. The molecule has 0 bridgehead atoms. The molecule has 2 N–H and O–H groups in total. The molecule has 7 nitrogen and oxygen atoms in total. The van der Waals surface area contributed by atoms with Gasteiger partial charge in [-0.15, -0.1) is 5.10 Å². The lowest BCUT2D eigenvalue weighted by Crippen LogP contribution is -2.34. The van der Waals surface area contributed by atoms with E-state index in [2.05, 4.69) is 20.9 Å². The van der Waals surface area contributed by atoms with E-state index < -0.39 is 12.7 Å². The molecule has 0 radical (unpaired) electrons.